The maximum absolute atomic E-state index is 10.3. The van der Waals surface area contributed by atoms with Crippen LogP contribution in [-0.4, -0.2) is 70.1 Å². The van der Waals surface area contributed by atoms with E-state index in [0.717, 1.165) is 0 Å². The van der Waals surface area contributed by atoms with Crippen molar-refractivity contribution in [2.75, 3.05) is 12.3 Å². The van der Waals surface area contributed by atoms with Crippen molar-refractivity contribution in [1.82, 2.24) is 0 Å². The third-order valence-electron chi connectivity index (χ3n) is 1.76. The van der Waals surface area contributed by atoms with Crippen molar-refractivity contribution >= 4 is 10.1 Å². The van der Waals surface area contributed by atoms with Crippen molar-refractivity contribution in [3.8, 4) is 0 Å². The first-order chi connectivity index (χ1) is 6.69. The minimum Gasteiger partial charge on any atom is -0.389 e. The van der Waals surface area contributed by atoms with Crippen molar-refractivity contribution in [2.45, 2.75) is 24.4 Å². The van der Waals surface area contributed by atoms with Crippen LogP contribution in [0.3, 0.4) is 0 Å². The Kier molecular flexibility index (Phi) is 5.59. The number of aliphatic hydroxyl groups excluding tert-OH is 4. The van der Waals surface area contributed by atoms with Gasteiger partial charge in [-0.15, -0.1) is 0 Å². The average Bonchev–Trinajstić information content (AvgIpc) is 2.11. The highest BCUT2D eigenvalue weighted by molar-refractivity contribution is 7.85. The smallest absolute Gasteiger partial charge is 0.267 e. The molecular formula is C6H15NO7S. The van der Waals surface area contributed by atoms with Gasteiger partial charge in [-0.1, -0.05) is 0 Å². The highest BCUT2D eigenvalue weighted by Gasteiger charge is 2.31. The summed E-state index contributed by atoms with van der Waals surface area (Å²) in [5.41, 5.74) is 4.97. The zero-order valence-electron chi connectivity index (χ0n) is 7.76. The van der Waals surface area contributed by atoms with E-state index in [2.05, 4.69) is 0 Å². The van der Waals surface area contributed by atoms with Gasteiger partial charge in [0.2, 0.25) is 0 Å². The van der Waals surface area contributed by atoms with Gasteiger partial charge in [0.1, 0.15) is 18.0 Å². The van der Waals surface area contributed by atoms with Gasteiger partial charge < -0.3 is 26.2 Å². The summed E-state index contributed by atoms with van der Waals surface area (Å²) in [4.78, 5) is 0. The summed E-state index contributed by atoms with van der Waals surface area (Å²) in [5, 5.41) is 36.4. The van der Waals surface area contributed by atoms with Crippen LogP contribution in [0.15, 0.2) is 0 Å². The lowest BCUT2D eigenvalue weighted by molar-refractivity contribution is -0.0962. The van der Waals surface area contributed by atoms with E-state index in [4.69, 9.17) is 30.7 Å². The van der Waals surface area contributed by atoms with E-state index >= 15 is 0 Å². The maximum atomic E-state index is 10.3. The summed E-state index contributed by atoms with van der Waals surface area (Å²) in [5.74, 6) is -1.14. The number of nitrogens with two attached hydrogens (primary N) is 1. The summed E-state index contributed by atoms with van der Waals surface area (Å²) in [7, 11) is -4.47. The topological polar surface area (TPSA) is 161 Å². The fraction of sp³-hybridized carbons (Fsp3) is 1.00. The molecule has 0 aromatic carbocycles. The largest absolute Gasteiger partial charge is 0.389 e. The van der Waals surface area contributed by atoms with Crippen LogP contribution in [-0.2, 0) is 10.1 Å². The van der Waals surface area contributed by atoms with E-state index in [1.807, 2.05) is 0 Å². The highest BCUT2D eigenvalue weighted by Crippen LogP contribution is 2.06. The molecule has 15 heavy (non-hydrogen) atoms. The molecule has 0 amide bonds. The number of hydrogen-bond donors (Lipinski definition) is 6. The summed E-state index contributed by atoms with van der Waals surface area (Å²) < 4.78 is 29.0. The second kappa shape index (κ2) is 5.70. The molecule has 0 aliphatic rings. The quantitative estimate of drug-likeness (QED) is 0.260. The van der Waals surface area contributed by atoms with Gasteiger partial charge in [0.15, 0.2) is 0 Å². The molecule has 9 heteroatoms. The molecule has 0 aliphatic heterocycles. The van der Waals surface area contributed by atoms with Crippen molar-refractivity contribution < 1.29 is 33.4 Å². The van der Waals surface area contributed by atoms with Crippen molar-refractivity contribution in [3.63, 3.8) is 0 Å². The Hall–Kier alpha value is -0.290. The van der Waals surface area contributed by atoms with Crippen molar-refractivity contribution in [1.29, 1.82) is 0 Å². The van der Waals surface area contributed by atoms with Gasteiger partial charge in [-0.05, 0) is 0 Å². The van der Waals surface area contributed by atoms with Gasteiger partial charge >= 0.3 is 0 Å². The second-order valence-electron chi connectivity index (χ2n) is 3.10. The summed E-state index contributed by atoms with van der Waals surface area (Å²) >= 11 is 0. The van der Waals surface area contributed by atoms with Crippen molar-refractivity contribution in [3.05, 3.63) is 0 Å². The first-order valence-corrected chi connectivity index (χ1v) is 5.67. The van der Waals surface area contributed by atoms with Crippen molar-refractivity contribution in [2.24, 2.45) is 5.73 Å². The molecule has 0 aromatic heterocycles. The zero-order valence-corrected chi connectivity index (χ0v) is 8.58. The molecule has 0 aliphatic carbocycles. The lowest BCUT2D eigenvalue weighted by Crippen LogP contribution is -2.49. The van der Waals surface area contributed by atoms with E-state index in [9.17, 15) is 8.42 Å². The first-order valence-electron chi connectivity index (χ1n) is 4.06. The fourth-order valence-electron chi connectivity index (χ4n) is 0.909. The zero-order chi connectivity index (χ0) is 12.2. The van der Waals surface area contributed by atoms with Gasteiger partial charge in [0.05, 0.1) is 12.2 Å². The molecule has 0 unspecified atom stereocenters. The summed E-state index contributed by atoms with van der Waals surface area (Å²) in [6.07, 6.45) is -7.09. The summed E-state index contributed by atoms with van der Waals surface area (Å²) in [6.45, 7) is -0.364. The van der Waals surface area contributed by atoms with Crippen LogP contribution in [0.25, 0.3) is 0 Å². The monoisotopic (exact) mass is 245 g/mol. The van der Waals surface area contributed by atoms with Crippen LogP contribution in [0.5, 0.6) is 0 Å². The molecule has 4 atom stereocenters. The number of hydrogen-bond acceptors (Lipinski definition) is 7. The molecule has 0 saturated heterocycles. The third kappa shape index (κ3) is 5.37. The van der Waals surface area contributed by atoms with Crippen LogP contribution in [0.1, 0.15) is 0 Å². The molecule has 0 saturated carbocycles. The van der Waals surface area contributed by atoms with Crippen LogP contribution in [0.2, 0.25) is 0 Å². The fourth-order valence-corrected chi connectivity index (χ4v) is 1.54. The minimum absolute atomic E-state index is 0.364. The van der Waals surface area contributed by atoms with E-state index < -0.39 is 40.3 Å². The molecule has 0 spiro atoms. The first kappa shape index (κ1) is 14.7. The predicted molar refractivity (Wildman–Crippen MR) is 49.5 cm³/mol. The SMILES string of the molecule is NC[C@@H](O)[C@H](O)[C@H](O)[C@@H](O)CS(=O)(=O)O. The van der Waals surface area contributed by atoms with Gasteiger partial charge in [0, 0.05) is 6.54 Å². The van der Waals surface area contributed by atoms with Gasteiger partial charge in [-0.3, -0.25) is 4.55 Å². The number of aliphatic hydroxyl groups is 4. The highest BCUT2D eigenvalue weighted by atomic mass is 32.2. The Labute approximate surface area is 86.7 Å². The van der Waals surface area contributed by atoms with E-state index in [0.29, 0.717) is 0 Å². The predicted octanol–water partition coefficient (Wildman–Crippen LogP) is -3.72. The lowest BCUT2D eigenvalue weighted by atomic mass is 10.0. The van der Waals surface area contributed by atoms with E-state index in [-0.39, 0.29) is 6.54 Å². The molecule has 0 radical (unpaired) electrons. The average molecular weight is 245 g/mol. The lowest BCUT2D eigenvalue weighted by Gasteiger charge is -2.25. The Morgan fingerprint density at radius 2 is 1.40 bits per heavy atom. The molecule has 0 aromatic rings. The van der Waals surface area contributed by atoms with E-state index in [1.54, 1.807) is 0 Å². The summed E-state index contributed by atoms with van der Waals surface area (Å²) in [6, 6.07) is 0. The standard InChI is InChI=1S/C6H15NO7S/c7-1-3(8)5(10)6(11)4(9)2-15(12,13)14/h3-6,8-11H,1-2,7H2,(H,12,13,14)/t3-,4+,5+,6-/m1/s1. The maximum Gasteiger partial charge on any atom is 0.267 e. The van der Waals surface area contributed by atoms with Crippen LogP contribution >= 0.6 is 0 Å². The van der Waals surface area contributed by atoms with Gasteiger partial charge in [0.25, 0.3) is 10.1 Å². The molecule has 0 heterocycles. The molecule has 0 bridgehead atoms. The Morgan fingerprint density at radius 1 is 1.00 bits per heavy atom. The molecular weight excluding hydrogens is 230 g/mol. The molecule has 8 nitrogen and oxygen atoms in total. The van der Waals surface area contributed by atoms with Crippen LogP contribution < -0.4 is 5.73 Å². The third-order valence-corrected chi connectivity index (χ3v) is 2.52. The Bertz CT molecular complexity index is 279. The van der Waals surface area contributed by atoms with Gasteiger partial charge in [-0.2, -0.15) is 8.42 Å². The van der Waals surface area contributed by atoms with E-state index in [1.165, 1.54) is 0 Å². The molecule has 7 N–H and O–H groups in total. The molecule has 0 fully saturated rings. The second-order valence-corrected chi connectivity index (χ2v) is 4.60. The van der Waals surface area contributed by atoms with Gasteiger partial charge in [-0.25, -0.2) is 0 Å². The normalized spacial score (nSPS) is 20.7. The van der Waals surface area contributed by atoms with Crippen LogP contribution in [0.4, 0.5) is 0 Å². The Morgan fingerprint density at radius 3 is 1.73 bits per heavy atom. The van der Waals surface area contributed by atoms with Crippen LogP contribution in [0, 0.1) is 0 Å². The molecule has 0 rings (SSSR count). The number of rotatable bonds is 6. The molecule has 92 valence electrons. The Balaban J connectivity index is 4.37. The minimum atomic E-state index is -4.47.